The molecule has 1 rings (SSSR count). The summed E-state index contributed by atoms with van der Waals surface area (Å²) < 4.78 is 0.836. The molecule has 0 bridgehead atoms. The molecule has 0 radical (unpaired) electrons. The Hall–Kier alpha value is 0.190. The van der Waals surface area contributed by atoms with E-state index < -0.39 is 11.8 Å². The lowest BCUT2D eigenvalue weighted by molar-refractivity contribution is -0.129. The van der Waals surface area contributed by atoms with Crippen molar-refractivity contribution in [2.45, 2.75) is 0 Å². The van der Waals surface area contributed by atoms with Crippen molar-refractivity contribution < 1.29 is 9.59 Å². The normalized spacial score (nSPS) is 19.3. The van der Waals surface area contributed by atoms with Gasteiger partial charge in [-0.25, -0.2) is 3.11 Å². The van der Waals surface area contributed by atoms with Gasteiger partial charge in [0.1, 0.15) is 10.1 Å². The van der Waals surface area contributed by atoms with Gasteiger partial charge in [0.15, 0.2) is 0 Å². The summed E-state index contributed by atoms with van der Waals surface area (Å²) in [4.78, 5) is 21.5. The van der Waals surface area contributed by atoms with Crippen LogP contribution in [0.2, 0.25) is 0 Å². The maximum absolute atomic E-state index is 10.7. The lowest BCUT2D eigenvalue weighted by Crippen LogP contribution is -2.19. The van der Waals surface area contributed by atoms with E-state index in [1.165, 1.54) is 22.9 Å². The van der Waals surface area contributed by atoms with Crippen LogP contribution in [0.1, 0.15) is 0 Å². The van der Waals surface area contributed by atoms with E-state index >= 15 is 0 Å². The van der Waals surface area contributed by atoms with E-state index in [-0.39, 0.29) is 10.1 Å². The first-order valence-electron chi connectivity index (χ1n) is 2.15. The molecule has 6 heteroatoms. The van der Waals surface area contributed by atoms with Gasteiger partial charge in [0.2, 0.25) is 0 Å². The number of carbonyl (C=O) groups is 2. The van der Waals surface area contributed by atoms with Crippen LogP contribution in [0.3, 0.4) is 0 Å². The van der Waals surface area contributed by atoms with Crippen LogP contribution in [0.4, 0.5) is 0 Å². The fourth-order valence-electron chi connectivity index (χ4n) is 0.452. The standard InChI is InChI=1S/C4Cl2INO2/c5-1-2(6)4(10)8(7)3(1)9. The minimum atomic E-state index is -0.558. The molecule has 0 aromatic rings. The van der Waals surface area contributed by atoms with Gasteiger partial charge >= 0.3 is 0 Å². The molecule has 0 aliphatic carbocycles. The van der Waals surface area contributed by atoms with Gasteiger partial charge in [0.05, 0.1) is 22.9 Å². The molecule has 10 heavy (non-hydrogen) atoms. The van der Waals surface area contributed by atoms with Crippen molar-refractivity contribution in [2.24, 2.45) is 0 Å². The molecule has 0 unspecified atom stereocenters. The van der Waals surface area contributed by atoms with Gasteiger partial charge in [0, 0.05) is 0 Å². The van der Waals surface area contributed by atoms with Crippen molar-refractivity contribution in [3.8, 4) is 0 Å². The van der Waals surface area contributed by atoms with E-state index in [1.807, 2.05) is 0 Å². The Labute approximate surface area is 80.4 Å². The minimum Gasteiger partial charge on any atom is -0.267 e. The monoisotopic (exact) mass is 291 g/mol. The fraction of sp³-hybridized carbons (Fsp3) is 0. The maximum atomic E-state index is 10.7. The van der Waals surface area contributed by atoms with Crippen molar-refractivity contribution in [1.82, 2.24) is 3.11 Å². The average molecular weight is 292 g/mol. The van der Waals surface area contributed by atoms with Crippen LogP contribution >= 0.6 is 46.1 Å². The maximum Gasteiger partial charge on any atom is 0.282 e. The van der Waals surface area contributed by atoms with Gasteiger partial charge in [-0.15, -0.1) is 0 Å². The minimum absolute atomic E-state index is 0.207. The van der Waals surface area contributed by atoms with Crippen LogP contribution in [0.15, 0.2) is 10.1 Å². The molecule has 54 valence electrons. The predicted octanol–water partition coefficient (Wildman–Crippen LogP) is 1.39. The highest BCUT2D eigenvalue weighted by Crippen LogP contribution is 2.28. The number of carbonyl (C=O) groups excluding carboxylic acids is 2. The van der Waals surface area contributed by atoms with Crippen molar-refractivity contribution >= 4 is 57.9 Å². The van der Waals surface area contributed by atoms with Crippen LogP contribution in [0.5, 0.6) is 0 Å². The molecule has 1 aliphatic heterocycles. The highest BCUT2D eigenvalue weighted by atomic mass is 127. The Morgan fingerprint density at radius 3 is 1.50 bits per heavy atom. The van der Waals surface area contributed by atoms with E-state index in [0.717, 1.165) is 3.11 Å². The van der Waals surface area contributed by atoms with E-state index in [9.17, 15) is 9.59 Å². The van der Waals surface area contributed by atoms with Crippen LogP contribution in [0.25, 0.3) is 0 Å². The van der Waals surface area contributed by atoms with E-state index in [4.69, 9.17) is 23.2 Å². The Balaban J connectivity index is 3.11. The van der Waals surface area contributed by atoms with Gasteiger partial charge in [-0.1, -0.05) is 23.2 Å². The van der Waals surface area contributed by atoms with Crippen LogP contribution in [-0.2, 0) is 9.59 Å². The summed E-state index contributed by atoms with van der Waals surface area (Å²) in [5.41, 5.74) is 0. The van der Waals surface area contributed by atoms with Crippen molar-refractivity contribution in [3.63, 3.8) is 0 Å². The third kappa shape index (κ3) is 1.04. The van der Waals surface area contributed by atoms with Gasteiger partial charge in [-0.05, 0) is 0 Å². The summed E-state index contributed by atoms with van der Waals surface area (Å²) in [5, 5.41) is -0.415. The van der Waals surface area contributed by atoms with Gasteiger partial charge in [-0.3, -0.25) is 9.59 Å². The van der Waals surface area contributed by atoms with Gasteiger partial charge < -0.3 is 0 Å². The molecule has 0 saturated carbocycles. The second-order valence-electron chi connectivity index (χ2n) is 1.52. The first-order chi connectivity index (χ1) is 4.55. The number of imide groups is 1. The van der Waals surface area contributed by atoms with Crippen LogP contribution < -0.4 is 0 Å². The van der Waals surface area contributed by atoms with Crippen molar-refractivity contribution in [3.05, 3.63) is 10.1 Å². The van der Waals surface area contributed by atoms with E-state index in [1.54, 1.807) is 0 Å². The number of amides is 2. The molecule has 1 aliphatic rings. The molecule has 0 aromatic carbocycles. The average Bonchev–Trinajstić information content (AvgIpc) is 2.07. The molecule has 0 N–H and O–H groups in total. The van der Waals surface area contributed by atoms with Crippen LogP contribution in [0, 0.1) is 0 Å². The van der Waals surface area contributed by atoms with Crippen LogP contribution in [-0.4, -0.2) is 14.9 Å². The number of rotatable bonds is 0. The van der Waals surface area contributed by atoms with E-state index in [2.05, 4.69) is 0 Å². The zero-order valence-electron chi connectivity index (χ0n) is 4.40. The Morgan fingerprint density at radius 2 is 1.40 bits per heavy atom. The Morgan fingerprint density at radius 1 is 1.10 bits per heavy atom. The first kappa shape index (κ1) is 8.29. The summed E-state index contributed by atoms with van der Waals surface area (Å²) >= 11 is 12.2. The molecule has 0 aromatic heterocycles. The topological polar surface area (TPSA) is 37.4 Å². The molecular formula is C4Cl2INO2. The highest BCUT2D eigenvalue weighted by molar-refractivity contribution is 14.1. The molecule has 3 nitrogen and oxygen atoms in total. The summed E-state index contributed by atoms with van der Waals surface area (Å²) in [6, 6.07) is 0. The zero-order valence-corrected chi connectivity index (χ0v) is 8.07. The molecule has 1 heterocycles. The SMILES string of the molecule is O=C1C(Cl)=C(Cl)C(=O)N1I. The number of hydrogen-bond acceptors (Lipinski definition) is 2. The van der Waals surface area contributed by atoms with Gasteiger partial charge in [-0.2, -0.15) is 0 Å². The second kappa shape index (κ2) is 2.67. The summed E-state index contributed by atoms with van der Waals surface area (Å²) in [6.45, 7) is 0. The highest BCUT2D eigenvalue weighted by Gasteiger charge is 2.35. The third-order valence-electron chi connectivity index (χ3n) is 0.925. The molecule has 0 fully saturated rings. The molecule has 2 amide bonds. The van der Waals surface area contributed by atoms with E-state index in [0.29, 0.717) is 0 Å². The quantitative estimate of drug-likeness (QED) is 0.384. The lowest BCUT2D eigenvalue weighted by atomic mass is 10.5. The smallest absolute Gasteiger partial charge is 0.267 e. The Kier molecular flexibility index (Phi) is 2.21. The Bertz CT molecular complexity index is 226. The van der Waals surface area contributed by atoms with Crippen molar-refractivity contribution in [1.29, 1.82) is 0 Å². The number of halogens is 3. The summed E-state index contributed by atoms with van der Waals surface area (Å²) in [6.07, 6.45) is 0. The summed E-state index contributed by atoms with van der Waals surface area (Å²) in [5.74, 6) is -1.12. The third-order valence-corrected chi connectivity index (χ3v) is 2.60. The first-order valence-corrected chi connectivity index (χ1v) is 3.87. The largest absolute Gasteiger partial charge is 0.282 e. The molecular weight excluding hydrogens is 292 g/mol. The van der Waals surface area contributed by atoms with Crippen molar-refractivity contribution in [2.75, 3.05) is 0 Å². The predicted molar refractivity (Wildman–Crippen MR) is 44.6 cm³/mol. The molecule has 0 spiro atoms. The second-order valence-corrected chi connectivity index (χ2v) is 3.24. The summed E-state index contributed by atoms with van der Waals surface area (Å²) in [7, 11) is 0. The molecule has 0 saturated heterocycles. The lowest BCUT2D eigenvalue weighted by Gasteiger charge is -1.99. The number of hydrogen-bond donors (Lipinski definition) is 0. The van der Waals surface area contributed by atoms with Gasteiger partial charge in [0.25, 0.3) is 11.8 Å². The zero-order chi connectivity index (χ0) is 7.89. The molecule has 0 atom stereocenters. The number of nitrogens with zero attached hydrogens (tertiary/aromatic N) is 1. The fourth-order valence-corrected chi connectivity index (χ4v) is 1.55.